The van der Waals surface area contributed by atoms with Crippen LogP contribution in [-0.2, 0) is 19.5 Å². The lowest BCUT2D eigenvalue weighted by Crippen LogP contribution is -2.12. The molecule has 0 aliphatic carbocycles. The van der Waals surface area contributed by atoms with Gasteiger partial charge in [0.05, 0.1) is 0 Å². The van der Waals surface area contributed by atoms with Gasteiger partial charge in [0, 0.05) is 29.7 Å². The molecule has 0 fully saturated rings. The highest BCUT2D eigenvalue weighted by atomic mass is 32.1. The number of para-hydroxylation sites is 1. The molecule has 0 radical (unpaired) electrons. The molecule has 3 rings (SSSR count). The molecule has 0 amide bonds. The lowest BCUT2D eigenvalue weighted by atomic mass is 10.2. The molecular formula is C14H16N2O2S. The number of hydrogen-bond donors (Lipinski definition) is 1. The second kappa shape index (κ2) is 5.59. The quantitative estimate of drug-likeness (QED) is 0.912. The summed E-state index contributed by atoms with van der Waals surface area (Å²) in [6.45, 7) is 4.01. The maximum Gasteiger partial charge on any atom is 0.231 e. The first kappa shape index (κ1) is 12.4. The Morgan fingerprint density at radius 3 is 3.11 bits per heavy atom. The fourth-order valence-electron chi connectivity index (χ4n) is 2.03. The third-order valence-corrected chi connectivity index (χ3v) is 4.16. The summed E-state index contributed by atoms with van der Waals surface area (Å²) in [6.07, 6.45) is 3.01. The van der Waals surface area contributed by atoms with Crippen molar-refractivity contribution in [2.24, 2.45) is 0 Å². The van der Waals surface area contributed by atoms with Crippen LogP contribution in [0, 0.1) is 0 Å². The molecule has 0 saturated carbocycles. The number of nitrogens with one attached hydrogen (secondary N) is 1. The van der Waals surface area contributed by atoms with Crippen LogP contribution in [0.25, 0.3) is 0 Å². The Morgan fingerprint density at radius 1 is 1.32 bits per heavy atom. The van der Waals surface area contributed by atoms with Crippen LogP contribution in [0.4, 0.5) is 0 Å². The van der Waals surface area contributed by atoms with Crippen molar-refractivity contribution >= 4 is 11.3 Å². The molecule has 0 spiro atoms. The summed E-state index contributed by atoms with van der Waals surface area (Å²) in [5, 5.41) is 4.52. The highest BCUT2D eigenvalue weighted by Gasteiger charge is 2.16. The number of nitrogens with zero attached hydrogens (tertiary/aromatic N) is 1. The van der Waals surface area contributed by atoms with Gasteiger partial charge in [0.1, 0.15) is 5.01 Å². The van der Waals surface area contributed by atoms with Gasteiger partial charge in [-0.25, -0.2) is 4.98 Å². The summed E-state index contributed by atoms with van der Waals surface area (Å²) in [6, 6.07) is 5.98. The zero-order valence-corrected chi connectivity index (χ0v) is 11.6. The summed E-state index contributed by atoms with van der Waals surface area (Å²) >= 11 is 1.76. The number of thiazole rings is 1. The Balaban J connectivity index is 1.59. The van der Waals surface area contributed by atoms with Crippen LogP contribution >= 0.6 is 11.3 Å². The van der Waals surface area contributed by atoms with Crippen molar-refractivity contribution in [2.45, 2.75) is 26.4 Å². The van der Waals surface area contributed by atoms with Crippen molar-refractivity contribution in [3.63, 3.8) is 0 Å². The molecule has 0 unspecified atom stereocenters. The van der Waals surface area contributed by atoms with Gasteiger partial charge in [-0.2, -0.15) is 0 Å². The van der Waals surface area contributed by atoms with Crippen molar-refractivity contribution < 1.29 is 9.47 Å². The molecule has 1 aliphatic rings. The molecule has 5 heteroatoms. The molecule has 2 heterocycles. The summed E-state index contributed by atoms with van der Waals surface area (Å²) in [7, 11) is 0. The molecular weight excluding hydrogens is 260 g/mol. The number of hydrogen-bond acceptors (Lipinski definition) is 5. The highest BCUT2D eigenvalue weighted by Crippen LogP contribution is 2.35. The molecule has 0 atom stereocenters. The molecule has 1 N–H and O–H groups in total. The smallest absolute Gasteiger partial charge is 0.231 e. The topological polar surface area (TPSA) is 43.4 Å². The molecule has 0 bridgehead atoms. The average Bonchev–Trinajstić information content (AvgIpc) is 3.07. The van der Waals surface area contributed by atoms with Gasteiger partial charge >= 0.3 is 0 Å². The third-order valence-electron chi connectivity index (χ3n) is 3.02. The Bertz CT molecular complexity index is 568. The first-order valence-corrected chi connectivity index (χ1v) is 7.20. The molecule has 19 heavy (non-hydrogen) atoms. The third kappa shape index (κ3) is 2.72. The van der Waals surface area contributed by atoms with E-state index in [0.717, 1.165) is 41.6 Å². The van der Waals surface area contributed by atoms with Gasteiger partial charge in [-0.05, 0) is 12.5 Å². The van der Waals surface area contributed by atoms with Crippen molar-refractivity contribution in [1.82, 2.24) is 10.3 Å². The van der Waals surface area contributed by atoms with E-state index in [2.05, 4.69) is 23.3 Å². The minimum atomic E-state index is 0.318. The van der Waals surface area contributed by atoms with Gasteiger partial charge in [0.15, 0.2) is 11.5 Å². The van der Waals surface area contributed by atoms with Crippen LogP contribution in [-0.4, -0.2) is 11.8 Å². The number of aromatic nitrogens is 1. The van der Waals surface area contributed by atoms with E-state index in [1.54, 1.807) is 11.3 Å². The maximum absolute atomic E-state index is 5.48. The van der Waals surface area contributed by atoms with Crippen LogP contribution in [0.15, 0.2) is 24.4 Å². The Kier molecular flexibility index (Phi) is 3.66. The van der Waals surface area contributed by atoms with Crippen molar-refractivity contribution in [1.29, 1.82) is 0 Å². The van der Waals surface area contributed by atoms with E-state index in [0.29, 0.717) is 6.79 Å². The predicted molar refractivity (Wildman–Crippen MR) is 74.6 cm³/mol. The van der Waals surface area contributed by atoms with Crippen LogP contribution in [0.1, 0.15) is 22.4 Å². The zero-order chi connectivity index (χ0) is 13.1. The summed E-state index contributed by atoms with van der Waals surface area (Å²) < 4.78 is 10.8. The molecule has 0 saturated heterocycles. The average molecular weight is 276 g/mol. The molecule has 2 aromatic rings. The monoisotopic (exact) mass is 276 g/mol. The minimum absolute atomic E-state index is 0.318. The summed E-state index contributed by atoms with van der Waals surface area (Å²) in [5.74, 6) is 1.70. The SMILES string of the molecule is CCc1cnc(CNCc2cccc3c2OCO3)s1. The second-order valence-electron chi connectivity index (χ2n) is 4.33. The van der Waals surface area contributed by atoms with E-state index in [1.165, 1.54) is 4.88 Å². The molecule has 1 aromatic heterocycles. The van der Waals surface area contributed by atoms with Crippen molar-refractivity contribution in [2.75, 3.05) is 6.79 Å². The highest BCUT2D eigenvalue weighted by molar-refractivity contribution is 7.11. The Hall–Kier alpha value is -1.59. The number of fused-ring (bicyclic) bond motifs is 1. The van der Waals surface area contributed by atoms with E-state index in [4.69, 9.17) is 9.47 Å². The number of aryl methyl sites for hydroxylation is 1. The standard InChI is InChI=1S/C14H16N2O2S/c1-2-11-7-16-13(19-11)8-15-6-10-4-3-5-12-14(10)18-9-17-12/h3-5,7,15H,2,6,8-9H2,1H3. The van der Waals surface area contributed by atoms with Gasteiger partial charge in [0.2, 0.25) is 6.79 Å². The van der Waals surface area contributed by atoms with E-state index < -0.39 is 0 Å². The van der Waals surface area contributed by atoms with Crippen LogP contribution < -0.4 is 14.8 Å². The predicted octanol–water partition coefficient (Wildman–Crippen LogP) is 2.72. The van der Waals surface area contributed by atoms with Crippen molar-refractivity contribution in [3.05, 3.63) is 39.8 Å². The minimum Gasteiger partial charge on any atom is -0.454 e. The van der Waals surface area contributed by atoms with E-state index in [1.807, 2.05) is 18.3 Å². The van der Waals surface area contributed by atoms with Crippen LogP contribution in [0.2, 0.25) is 0 Å². The fraction of sp³-hybridized carbons (Fsp3) is 0.357. The van der Waals surface area contributed by atoms with Crippen LogP contribution in [0.5, 0.6) is 11.5 Å². The summed E-state index contributed by atoms with van der Waals surface area (Å²) in [5.41, 5.74) is 1.13. The number of benzene rings is 1. The fourth-order valence-corrected chi connectivity index (χ4v) is 2.86. The molecule has 100 valence electrons. The Morgan fingerprint density at radius 2 is 2.26 bits per heavy atom. The van der Waals surface area contributed by atoms with Gasteiger partial charge in [-0.3, -0.25) is 0 Å². The Labute approximate surface area is 116 Å². The second-order valence-corrected chi connectivity index (χ2v) is 5.53. The molecule has 1 aliphatic heterocycles. The summed E-state index contributed by atoms with van der Waals surface area (Å²) in [4.78, 5) is 5.72. The number of rotatable bonds is 5. The zero-order valence-electron chi connectivity index (χ0n) is 10.8. The first-order chi connectivity index (χ1) is 9.36. The normalized spacial score (nSPS) is 12.9. The van der Waals surface area contributed by atoms with Gasteiger partial charge in [-0.15, -0.1) is 11.3 Å². The molecule has 1 aromatic carbocycles. The lowest BCUT2D eigenvalue weighted by Gasteiger charge is -2.06. The van der Waals surface area contributed by atoms with E-state index in [9.17, 15) is 0 Å². The molecule has 4 nitrogen and oxygen atoms in total. The van der Waals surface area contributed by atoms with Gasteiger partial charge < -0.3 is 14.8 Å². The van der Waals surface area contributed by atoms with Crippen molar-refractivity contribution in [3.8, 4) is 11.5 Å². The number of ether oxygens (including phenoxy) is 2. The maximum atomic E-state index is 5.48. The van der Waals surface area contributed by atoms with Gasteiger partial charge in [-0.1, -0.05) is 19.1 Å². The van der Waals surface area contributed by atoms with E-state index in [-0.39, 0.29) is 0 Å². The largest absolute Gasteiger partial charge is 0.454 e. The van der Waals surface area contributed by atoms with Gasteiger partial charge in [0.25, 0.3) is 0 Å². The first-order valence-electron chi connectivity index (χ1n) is 6.38. The lowest BCUT2D eigenvalue weighted by molar-refractivity contribution is 0.173. The van der Waals surface area contributed by atoms with E-state index >= 15 is 0 Å². The van der Waals surface area contributed by atoms with Crippen LogP contribution in [0.3, 0.4) is 0 Å².